The Morgan fingerprint density at radius 1 is 0.964 bits per heavy atom. The first-order valence-electron chi connectivity index (χ1n) is 8.83. The first-order chi connectivity index (χ1) is 13.7. The van der Waals surface area contributed by atoms with Crippen molar-refractivity contribution in [3.8, 4) is 11.5 Å². The van der Waals surface area contributed by atoms with Crippen LogP contribution in [0.4, 0.5) is 11.6 Å². The number of benzene rings is 2. The zero-order chi connectivity index (χ0) is 19.8. The largest absolute Gasteiger partial charge is 0.493 e. The van der Waals surface area contributed by atoms with E-state index in [9.17, 15) is 4.79 Å². The third-order valence-electron chi connectivity index (χ3n) is 4.10. The predicted octanol–water partition coefficient (Wildman–Crippen LogP) is 3.21. The highest BCUT2D eigenvalue weighted by atomic mass is 16.5. The van der Waals surface area contributed by atoms with Crippen LogP contribution in [-0.4, -0.2) is 36.6 Å². The highest BCUT2D eigenvalue weighted by molar-refractivity contribution is 5.93. The normalized spacial score (nSPS) is 10.2. The molecule has 0 aliphatic rings. The van der Waals surface area contributed by atoms with Crippen LogP contribution in [0.25, 0.3) is 0 Å². The number of methoxy groups -OCH3 is 2. The van der Waals surface area contributed by atoms with Gasteiger partial charge >= 0.3 is 0 Å². The molecule has 0 radical (unpaired) electrons. The van der Waals surface area contributed by atoms with Crippen molar-refractivity contribution in [1.82, 2.24) is 15.3 Å². The van der Waals surface area contributed by atoms with Crippen LogP contribution >= 0.6 is 0 Å². The molecule has 1 amide bonds. The van der Waals surface area contributed by atoms with Crippen molar-refractivity contribution in [2.45, 2.75) is 6.42 Å². The number of anilines is 2. The molecule has 1 aromatic heterocycles. The fourth-order valence-corrected chi connectivity index (χ4v) is 2.62. The number of nitrogens with one attached hydrogen (secondary N) is 2. The van der Waals surface area contributed by atoms with E-state index in [-0.39, 0.29) is 5.91 Å². The standard InChI is InChI=1S/C21H22N4O3/c1-27-18-9-8-17(12-19(18)28-2)25-21-23-13-16(14-24-21)20(26)22-11-10-15-6-4-3-5-7-15/h3-9,12-14H,10-11H2,1-2H3,(H,22,26)(H,23,24,25). The Labute approximate surface area is 163 Å². The minimum Gasteiger partial charge on any atom is -0.493 e. The summed E-state index contributed by atoms with van der Waals surface area (Å²) in [5.74, 6) is 1.42. The average molecular weight is 378 g/mol. The molecular weight excluding hydrogens is 356 g/mol. The zero-order valence-corrected chi connectivity index (χ0v) is 15.8. The Balaban J connectivity index is 1.56. The Kier molecular flexibility index (Phi) is 6.41. The van der Waals surface area contributed by atoms with Gasteiger partial charge in [0.2, 0.25) is 5.95 Å². The van der Waals surface area contributed by atoms with Gasteiger partial charge in [0, 0.05) is 30.7 Å². The third-order valence-corrected chi connectivity index (χ3v) is 4.10. The molecule has 7 heteroatoms. The molecule has 3 aromatic rings. The number of ether oxygens (including phenoxy) is 2. The lowest BCUT2D eigenvalue weighted by molar-refractivity contribution is 0.0953. The van der Waals surface area contributed by atoms with Crippen LogP contribution in [0.5, 0.6) is 11.5 Å². The molecule has 0 aliphatic heterocycles. The van der Waals surface area contributed by atoms with Crippen molar-refractivity contribution in [2.24, 2.45) is 0 Å². The van der Waals surface area contributed by atoms with Gasteiger partial charge in [0.05, 0.1) is 19.8 Å². The van der Waals surface area contributed by atoms with Gasteiger partial charge < -0.3 is 20.1 Å². The van der Waals surface area contributed by atoms with Gasteiger partial charge in [-0.3, -0.25) is 4.79 Å². The van der Waals surface area contributed by atoms with E-state index >= 15 is 0 Å². The van der Waals surface area contributed by atoms with E-state index in [1.807, 2.05) is 36.4 Å². The molecule has 0 saturated heterocycles. The molecule has 2 N–H and O–H groups in total. The minimum atomic E-state index is -0.200. The summed E-state index contributed by atoms with van der Waals surface area (Å²) in [6, 6.07) is 15.4. The van der Waals surface area contributed by atoms with E-state index in [2.05, 4.69) is 20.6 Å². The Morgan fingerprint density at radius 3 is 2.36 bits per heavy atom. The lowest BCUT2D eigenvalue weighted by Gasteiger charge is -2.10. The van der Waals surface area contributed by atoms with E-state index < -0.39 is 0 Å². The molecule has 7 nitrogen and oxygen atoms in total. The summed E-state index contributed by atoms with van der Waals surface area (Å²) in [5, 5.41) is 5.95. The second kappa shape index (κ2) is 9.36. The Hall–Kier alpha value is -3.61. The van der Waals surface area contributed by atoms with E-state index in [1.54, 1.807) is 26.4 Å². The number of carbonyl (C=O) groups excluding carboxylic acids is 1. The van der Waals surface area contributed by atoms with Gasteiger partial charge in [-0.05, 0) is 24.1 Å². The molecule has 0 saturated carbocycles. The second-order valence-corrected chi connectivity index (χ2v) is 5.98. The van der Waals surface area contributed by atoms with E-state index in [0.717, 1.165) is 12.1 Å². The van der Waals surface area contributed by atoms with Gasteiger partial charge in [0.1, 0.15) is 0 Å². The van der Waals surface area contributed by atoms with Crippen molar-refractivity contribution < 1.29 is 14.3 Å². The molecule has 28 heavy (non-hydrogen) atoms. The lowest BCUT2D eigenvalue weighted by atomic mass is 10.1. The average Bonchev–Trinajstić information content (AvgIpc) is 2.75. The number of carbonyl (C=O) groups is 1. The van der Waals surface area contributed by atoms with Crippen LogP contribution < -0.4 is 20.1 Å². The number of aromatic nitrogens is 2. The van der Waals surface area contributed by atoms with E-state index in [4.69, 9.17) is 9.47 Å². The fourth-order valence-electron chi connectivity index (χ4n) is 2.62. The molecule has 0 fully saturated rings. The summed E-state index contributed by atoms with van der Waals surface area (Å²) in [4.78, 5) is 20.6. The summed E-state index contributed by atoms with van der Waals surface area (Å²) in [5.41, 5.74) is 2.33. The molecule has 1 heterocycles. The maximum atomic E-state index is 12.2. The van der Waals surface area contributed by atoms with Crippen molar-refractivity contribution in [3.05, 3.63) is 72.1 Å². The SMILES string of the molecule is COc1ccc(Nc2ncc(C(=O)NCCc3ccccc3)cn2)cc1OC. The number of hydrogen-bond donors (Lipinski definition) is 2. The number of hydrogen-bond acceptors (Lipinski definition) is 6. The third kappa shape index (κ3) is 4.97. The summed E-state index contributed by atoms with van der Waals surface area (Å²) < 4.78 is 10.5. The molecule has 144 valence electrons. The molecule has 0 bridgehead atoms. The predicted molar refractivity (Wildman–Crippen MR) is 107 cm³/mol. The highest BCUT2D eigenvalue weighted by Crippen LogP contribution is 2.30. The topological polar surface area (TPSA) is 85.4 Å². The number of nitrogens with zero attached hydrogens (tertiary/aromatic N) is 2. The van der Waals surface area contributed by atoms with Gasteiger partial charge in [-0.1, -0.05) is 30.3 Å². The van der Waals surface area contributed by atoms with Crippen molar-refractivity contribution in [1.29, 1.82) is 0 Å². The molecule has 0 spiro atoms. The molecule has 2 aromatic carbocycles. The summed E-state index contributed by atoms with van der Waals surface area (Å²) in [7, 11) is 3.15. The maximum Gasteiger partial charge on any atom is 0.254 e. The lowest BCUT2D eigenvalue weighted by Crippen LogP contribution is -2.26. The molecule has 0 unspecified atom stereocenters. The van der Waals surface area contributed by atoms with Gasteiger partial charge in [0.15, 0.2) is 11.5 Å². The maximum absolute atomic E-state index is 12.2. The Morgan fingerprint density at radius 2 is 1.68 bits per heavy atom. The quantitative estimate of drug-likeness (QED) is 0.626. The van der Waals surface area contributed by atoms with E-state index in [1.165, 1.54) is 18.0 Å². The van der Waals surface area contributed by atoms with Gasteiger partial charge in [-0.15, -0.1) is 0 Å². The van der Waals surface area contributed by atoms with Crippen LogP contribution in [0, 0.1) is 0 Å². The number of amides is 1. The zero-order valence-electron chi connectivity index (χ0n) is 15.8. The molecule has 0 aliphatic carbocycles. The first kappa shape index (κ1) is 19.2. The van der Waals surface area contributed by atoms with Crippen molar-refractivity contribution >= 4 is 17.5 Å². The monoisotopic (exact) mass is 378 g/mol. The Bertz CT molecular complexity index is 915. The number of rotatable bonds is 8. The highest BCUT2D eigenvalue weighted by Gasteiger charge is 2.08. The first-order valence-corrected chi connectivity index (χ1v) is 8.83. The fraction of sp³-hybridized carbons (Fsp3) is 0.190. The van der Waals surface area contributed by atoms with Crippen LogP contribution in [0.3, 0.4) is 0 Å². The van der Waals surface area contributed by atoms with Crippen molar-refractivity contribution in [2.75, 3.05) is 26.1 Å². The van der Waals surface area contributed by atoms with Gasteiger partial charge in [-0.2, -0.15) is 0 Å². The van der Waals surface area contributed by atoms with Crippen LogP contribution in [0.2, 0.25) is 0 Å². The van der Waals surface area contributed by atoms with E-state index in [0.29, 0.717) is 29.6 Å². The van der Waals surface area contributed by atoms with Crippen LogP contribution in [-0.2, 0) is 6.42 Å². The molecule has 0 atom stereocenters. The van der Waals surface area contributed by atoms with Gasteiger partial charge in [0.25, 0.3) is 5.91 Å². The summed E-state index contributed by atoms with van der Waals surface area (Å²) in [6.45, 7) is 0.550. The smallest absolute Gasteiger partial charge is 0.254 e. The molecular formula is C21H22N4O3. The summed E-state index contributed by atoms with van der Waals surface area (Å²) in [6.07, 6.45) is 3.76. The second-order valence-electron chi connectivity index (χ2n) is 5.98. The van der Waals surface area contributed by atoms with Crippen molar-refractivity contribution in [3.63, 3.8) is 0 Å². The van der Waals surface area contributed by atoms with Gasteiger partial charge in [-0.25, -0.2) is 9.97 Å². The molecule has 3 rings (SSSR count). The summed E-state index contributed by atoms with van der Waals surface area (Å²) >= 11 is 0. The minimum absolute atomic E-state index is 0.200. The van der Waals surface area contributed by atoms with Crippen LogP contribution in [0.15, 0.2) is 60.9 Å². The van der Waals surface area contributed by atoms with Crippen LogP contribution in [0.1, 0.15) is 15.9 Å².